The molecule has 0 bridgehead atoms. The summed E-state index contributed by atoms with van der Waals surface area (Å²) < 4.78 is 13.4. The third-order valence-electron chi connectivity index (χ3n) is 5.10. The number of aliphatic hydroxyl groups excluding tert-OH is 1. The Morgan fingerprint density at radius 3 is 2.83 bits per heavy atom. The molecule has 0 aliphatic carbocycles. The topological polar surface area (TPSA) is 116 Å². The molecule has 0 saturated heterocycles. The van der Waals surface area contributed by atoms with Gasteiger partial charge in [0, 0.05) is 11.3 Å². The van der Waals surface area contributed by atoms with Crippen LogP contribution in [0.5, 0.6) is 0 Å². The van der Waals surface area contributed by atoms with Crippen molar-refractivity contribution in [1.82, 2.24) is 14.5 Å². The molecule has 10 heteroatoms. The number of carbonyl (C=O) groups excluding carboxylic acids is 1. The molecule has 1 amide bonds. The summed E-state index contributed by atoms with van der Waals surface area (Å²) in [6, 6.07) is 3.46. The van der Waals surface area contributed by atoms with Crippen LogP contribution in [0.15, 0.2) is 32.4 Å². The van der Waals surface area contributed by atoms with E-state index in [0.29, 0.717) is 29.0 Å². The number of fused-ring (bicyclic) bond motifs is 3. The largest absolute Gasteiger partial charge is 0.467 e. The van der Waals surface area contributed by atoms with Crippen LogP contribution >= 0.6 is 11.3 Å². The zero-order valence-corrected chi connectivity index (χ0v) is 17.6. The number of nitrogens with zero attached hydrogens (tertiary/aromatic N) is 2. The highest BCUT2D eigenvalue weighted by atomic mass is 32.1. The molecular formula is C20H23N3O6S. The number of carbonyl (C=O) groups is 1. The summed E-state index contributed by atoms with van der Waals surface area (Å²) in [4.78, 5) is 40.0. The molecule has 4 heterocycles. The van der Waals surface area contributed by atoms with Crippen LogP contribution < -0.4 is 16.6 Å². The molecule has 30 heavy (non-hydrogen) atoms. The van der Waals surface area contributed by atoms with Crippen LogP contribution in [0.3, 0.4) is 0 Å². The Hall–Kier alpha value is -2.69. The highest BCUT2D eigenvalue weighted by Crippen LogP contribution is 2.37. The molecule has 0 radical (unpaired) electrons. The average molecular weight is 433 g/mol. The average Bonchev–Trinajstić information content (AvgIpc) is 3.33. The normalized spacial score (nSPS) is 15.3. The Kier molecular flexibility index (Phi) is 5.39. The minimum atomic E-state index is -0.617. The molecule has 0 saturated carbocycles. The van der Waals surface area contributed by atoms with Crippen LogP contribution in [-0.4, -0.2) is 32.4 Å². The maximum Gasteiger partial charge on any atom is 0.332 e. The Morgan fingerprint density at radius 1 is 1.33 bits per heavy atom. The van der Waals surface area contributed by atoms with Gasteiger partial charge in [0.15, 0.2) is 0 Å². The highest BCUT2D eigenvalue weighted by Gasteiger charge is 2.32. The molecule has 0 atom stereocenters. The van der Waals surface area contributed by atoms with E-state index >= 15 is 0 Å². The van der Waals surface area contributed by atoms with E-state index in [4.69, 9.17) is 9.15 Å². The Bertz CT molecular complexity index is 1200. The number of hydrogen-bond acceptors (Lipinski definition) is 7. The minimum Gasteiger partial charge on any atom is -0.467 e. The molecular weight excluding hydrogens is 410 g/mol. The SMILES string of the molecule is CC1(C)Cc2c(sc3c2c(=O)n(CCO)c(=O)n3CC(=O)NCc2ccco2)CO1. The maximum atomic E-state index is 13.1. The van der Waals surface area contributed by atoms with Gasteiger partial charge < -0.3 is 19.6 Å². The fourth-order valence-electron chi connectivity index (χ4n) is 3.64. The third kappa shape index (κ3) is 3.73. The van der Waals surface area contributed by atoms with Gasteiger partial charge in [-0.25, -0.2) is 4.79 Å². The summed E-state index contributed by atoms with van der Waals surface area (Å²) in [6.45, 7) is 3.71. The lowest BCUT2D eigenvalue weighted by atomic mass is 9.94. The van der Waals surface area contributed by atoms with Gasteiger partial charge in [0.25, 0.3) is 5.56 Å². The van der Waals surface area contributed by atoms with E-state index in [2.05, 4.69) is 5.32 Å². The number of furan rings is 1. The van der Waals surface area contributed by atoms with E-state index < -0.39 is 16.9 Å². The standard InChI is InChI=1S/C20H23N3O6S/c1-20(2)8-13-14(11-29-20)30-18-16(13)17(26)22(5-6-24)19(27)23(18)10-15(25)21-9-12-4-3-7-28-12/h3-4,7,24H,5-6,8-11H2,1-2H3,(H,21,25). The first-order valence-corrected chi connectivity index (χ1v) is 10.4. The smallest absolute Gasteiger partial charge is 0.332 e. The Balaban J connectivity index is 1.78. The molecule has 0 unspecified atom stereocenters. The van der Waals surface area contributed by atoms with Gasteiger partial charge in [0.2, 0.25) is 5.91 Å². The second kappa shape index (κ2) is 7.86. The van der Waals surface area contributed by atoms with Crippen molar-refractivity contribution < 1.29 is 19.1 Å². The maximum absolute atomic E-state index is 13.1. The number of aliphatic hydroxyl groups is 1. The van der Waals surface area contributed by atoms with Gasteiger partial charge in [-0.2, -0.15) is 0 Å². The van der Waals surface area contributed by atoms with Gasteiger partial charge in [-0.3, -0.25) is 18.7 Å². The molecule has 1 aliphatic rings. The van der Waals surface area contributed by atoms with Crippen LogP contribution in [0.1, 0.15) is 30.0 Å². The number of thiophene rings is 1. The predicted octanol–water partition coefficient (Wildman–Crippen LogP) is 0.978. The summed E-state index contributed by atoms with van der Waals surface area (Å²) in [5.41, 5.74) is -0.635. The zero-order chi connectivity index (χ0) is 21.5. The van der Waals surface area contributed by atoms with Gasteiger partial charge in [0.1, 0.15) is 17.1 Å². The molecule has 9 nitrogen and oxygen atoms in total. The molecule has 0 aromatic carbocycles. The molecule has 0 spiro atoms. The van der Waals surface area contributed by atoms with Crippen LogP contribution in [0.25, 0.3) is 10.2 Å². The van der Waals surface area contributed by atoms with Crippen molar-refractivity contribution in [2.75, 3.05) is 6.61 Å². The lowest BCUT2D eigenvalue weighted by Gasteiger charge is -2.29. The third-order valence-corrected chi connectivity index (χ3v) is 6.33. The van der Waals surface area contributed by atoms with Crippen LogP contribution in [0.4, 0.5) is 0 Å². The molecule has 4 rings (SSSR count). The number of hydrogen-bond donors (Lipinski definition) is 2. The molecule has 3 aromatic rings. The van der Waals surface area contributed by atoms with Crippen molar-refractivity contribution >= 4 is 27.5 Å². The first kappa shape index (κ1) is 20.6. The van der Waals surface area contributed by atoms with E-state index in [1.807, 2.05) is 13.8 Å². The number of rotatable bonds is 6. The molecule has 0 fully saturated rings. The van der Waals surface area contributed by atoms with Crippen LogP contribution in [0, 0.1) is 0 Å². The second-order valence-electron chi connectivity index (χ2n) is 7.81. The van der Waals surface area contributed by atoms with E-state index in [9.17, 15) is 19.5 Å². The first-order valence-electron chi connectivity index (χ1n) is 9.62. The lowest BCUT2D eigenvalue weighted by molar-refractivity contribution is -0.121. The van der Waals surface area contributed by atoms with E-state index in [1.54, 1.807) is 12.1 Å². The quantitative estimate of drug-likeness (QED) is 0.599. The van der Waals surface area contributed by atoms with Gasteiger partial charge in [-0.1, -0.05) is 0 Å². The van der Waals surface area contributed by atoms with E-state index in [-0.39, 0.29) is 32.1 Å². The van der Waals surface area contributed by atoms with Gasteiger partial charge >= 0.3 is 5.69 Å². The van der Waals surface area contributed by atoms with Crippen molar-refractivity contribution in [2.45, 2.75) is 52.1 Å². The van der Waals surface area contributed by atoms with E-state index in [1.165, 1.54) is 22.2 Å². The number of aromatic nitrogens is 2. The second-order valence-corrected chi connectivity index (χ2v) is 8.90. The van der Waals surface area contributed by atoms with E-state index in [0.717, 1.165) is 15.0 Å². The molecule has 160 valence electrons. The fourth-order valence-corrected chi connectivity index (χ4v) is 4.85. The monoisotopic (exact) mass is 433 g/mol. The van der Waals surface area contributed by atoms with Crippen LogP contribution in [0.2, 0.25) is 0 Å². The molecule has 1 aliphatic heterocycles. The summed E-state index contributed by atoms with van der Waals surface area (Å²) in [7, 11) is 0. The predicted molar refractivity (Wildman–Crippen MR) is 111 cm³/mol. The zero-order valence-electron chi connectivity index (χ0n) is 16.8. The van der Waals surface area contributed by atoms with Crippen molar-refractivity contribution in [1.29, 1.82) is 0 Å². The highest BCUT2D eigenvalue weighted by molar-refractivity contribution is 7.18. The van der Waals surface area contributed by atoms with Crippen molar-refractivity contribution in [3.05, 3.63) is 55.4 Å². The van der Waals surface area contributed by atoms with Crippen molar-refractivity contribution in [3.8, 4) is 0 Å². The van der Waals surface area contributed by atoms with Gasteiger partial charge in [0.05, 0.1) is 43.6 Å². The number of nitrogens with one attached hydrogen (secondary N) is 1. The summed E-state index contributed by atoms with van der Waals surface area (Å²) in [6.07, 6.45) is 2.04. The summed E-state index contributed by atoms with van der Waals surface area (Å²) in [5, 5.41) is 12.5. The lowest BCUT2D eigenvalue weighted by Crippen LogP contribution is -2.43. The van der Waals surface area contributed by atoms with Crippen LogP contribution in [-0.2, 0) is 42.2 Å². The fraction of sp³-hybridized carbons (Fsp3) is 0.450. The van der Waals surface area contributed by atoms with Crippen molar-refractivity contribution in [2.24, 2.45) is 0 Å². The Morgan fingerprint density at radius 2 is 2.13 bits per heavy atom. The first-order chi connectivity index (χ1) is 14.3. The van der Waals surface area contributed by atoms with Gasteiger partial charge in [-0.05, 0) is 31.5 Å². The number of amides is 1. The molecule has 2 N–H and O–H groups in total. The van der Waals surface area contributed by atoms with Crippen molar-refractivity contribution in [3.63, 3.8) is 0 Å². The summed E-state index contributed by atoms with van der Waals surface area (Å²) in [5.74, 6) is 0.212. The summed E-state index contributed by atoms with van der Waals surface area (Å²) >= 11 is 1.30. The minimum absolute atomic E-state index is 0.133. The Labute approximate surface area is 175 Å². The molecule has 3 aromatic heterocycles. The van der Waals surface area contributed by atoms with Gasteiger partial charge in [-0.15, -0.1) is 11.3 Å². The number of ether oxygens (including phenoxy) is 1.